The molecule has 0 spiro atoms. The number of pyridine rings is 3. The van der Waals surface area contributed by atoms with Crippen LogP contribution in [0.25, 0.3) is 50.0 Å². The molecule has 0 saturated carbocycles. The van der Waals surface area contributed by atoms with Crippen molar-refractivity contribution in [2.45, 2.75) is 12.8 Å². The largest absolute Gasteiger partial charge is 0.289 e. The minimum absolute atomic E-state index is 0.867. The average molecular weight is 396 g/mol. The molecule has 0 radical (unpaired) electrons. The van der Waals surface area contributed by atoms with E-state index in [2.05, 4.69) is 52.9 Å². The first-order valence-electron chi connectivity index (χ1n) is 10.6. The van der Waals surface area contributed by atoms with Crippen LogP contribution in [-0.2, 0) is 12.8 Å². The highest BCUT2D eigenvalue weighted by atomic mass is 15.1. The summed E-state index contributed by atoms with van der Waals surface area (Å²) in [6.07, 6.45) is 5.59. The van der Waals surface area contributed by atoms with Gasteiger partial charge in [0.25, 0.3) is 0 Å². The number of benzene rings is 2. The van der Waals surface area contributed by atoms with Gasteiger partial charge in [-0.15, -0.1) is 0 Å². The van der Waals surface area contributed by atoms with Gasteiger partial charge in [0.2, 0.25) is 0 Å². The van der Waals surface area contributed by atoms with Crippen molar-refractivity contribution in [3.8, 4) is 22.4 Å². The van der Waals surface area contributed by atoms with E-state index in [-0.39, 0.29) is 0 Å². The smallest absolute Gasteiger partial charge is 0.164 e. The van der Waals surface area contributed by atoms with E-state index in [0.717, 1.165) is 46.1 Å². The predicted molar refractivity (Wildman–Crippen MR) is 122 cm³/mol. The highest BCUT2D eigenvalue weighted by Gasteiger charge is 2.30. The molecule has 4 heterocycles. The maximum atomic E-state index is 5.11. The molecule has 144 valence electrons. The van der Waals surface area contributed by atoms with Crippen LogP contribution in [0.3, 0.4) is 0 Å². The van der Waals surface area contributed by atoms with Crippen molar-refractivity contribution in [3.05, 3.63) is 95.4 Å². The number of fused-ring (bicyclic) bond motifs is 13. The Balaban J connectivity index is 1.52. The fourth-order valence-electron chi connectivity index (χ4n) is 5.60. The van der Waals surface area contributed by atoms with Crippen molar-refractivity contribution in [1.29, 1.82) is 0 Å². The summed E-state index contributed by atoms with van der Waals surface area (Å²) in [7, 11) is 0. The summed E-state index contributed by atoms with van der Waals surface area (Å²) >= 11 is 0. The number of hydrogen-bond donors (Lipinski definition) is 0. The maximum absolute atomic E-state index is 5.11. The molecule has 6 aromatic rings. The second-order valence-electron chi connectivity index (χ2n) is 8.51. The Morgan fingerprint density at radius 1 is 0.677 bits per heavy atom. The van der Waals surface area contributed by atoms with E-state index in [1.807, 2.05) is 24.5 Å². The molecule has 2 aromatic carbocycles. The number of aromatic nitrogens is 4. The first-order valence-corrected chi connectivity index (χ1v) is 10.6. The first kappa shape index (κ1) is 15.7. The molecule has 0 unspecified atom stereocenters. The molecular formula is C27H16N4. The third-order valence-electron chi connectivity index (χ3n) is 6.88. The number of imidazole rings is 1. The normalized spacial score (nSPS) is 13.5. The fourth-order valence-corrected chi connectivity index (χ4v) is 5.60. The van der Waals surface area contributed by atoms with Gasteiger partial charge >= 0.3 is 0 Å². The van der Waals surface area contributed by atoms with Crippen LogP contribution in [0.15, 0.2) is 73.1 Å². The predicted octanol–water partition coefficient (Wildman–Crippen LogP) is 5.57. The van der Waals surface area contributed by atoms with Gasteiger partial charge in [-0.3, -0.25) is 14.4 Å². The van der Waals surface area contributed by atoms with Gasteiger partial charge in [0.05, 0.1) is 22.4 Å². The van der Waals surface area contributed by atoms with E-state index in [0.29, 0.717) is 0 Å². The summed E-state index contributed by atoms with van der Waals surface area (Å²) in [5.74, 6) is 0. The fraction of sp³-hybridized carbons (Fsp3) is 0.0741. The molecule has 4 heteroatoms. The van der Waals surface area contributed by atoms with Crippen LogP contribution in [0, 0.1) is 0 Å². The third kappa shape index (κ3) is 1.88. The molecule has 8 rings (SSSR count). The van der Waals surface area contributed by atoms with Crippen molar-refractivity contribution in [3.63, 3.8) is 0 Å². The van der Waals surface area contributed by atoms with Crippen LogP contribution in [0.2, 0.25) is 0 Å². The van der Waals surface area contributed by atoms with Crippen LogP contribution in [0.1, 0.15) is 22.4 Å². The van der Waals surface area contributed by atoms with E-state index < -0.39 is 0 Å². The zero-order valence-corrected chi connectivity index (χ0v) is 16.6. The molecule has 0 bridgehead atoms. The summed E-state index contributed by atoms with van der Waals surface area (Å²) in [5, 5.41) is 1.05. The third-order valence-corrected chi connectivity index (χ3v) is 6.88. The number of nitrogens with zero attached hydrogens (tertiary/aromatic N) is 4. The topological polar surface area (TPSA) is 43.1 Å². The van der Waals surface area contributed by atoms with Gasteiger partial charge in [-0.2, -0.15) is 0 Å². The Hall–Kier alpha value is -4.05. The molecule has 0 amide bonds. The molecule has 0 atom stereocenters. The van der Waals surface area contributed by atoms with E-state index in [4.69, 9.17) is 15.0 Å². The number of hydrogen-bond acceptors (Lipinski definition) is 3. The Kier molecular flexibility index (Phi) is 2.72. The lowest BCUT2D eigenvalue weighted by atomic mass is 9.99. The lowest BCUT2D eigenvalue weighted by Gasteiger charge is -2.11. The van der Waals surface area contributed by atoms with E-state index >= 15 is 0 Å². The van der Waals surface area contributed by atoms with E-state index in [1.165, 1.54) is 39.1 Å². The molecule has 2 aliphatic carbocycles. The highest BCUT2D eigenvalue weighted by Crippen LogP contribution is 2.46. The van der Waals surface area contributed by atoms with Crippen molar-refractivity contribution in [2.75, 3.05) is 0 Å². The van der Waals surface area contributed by atoms with Crippen molar-refractivity contribution in [1.82, 2.24) is 19.4 Å². The zero-order valence-electron chi connectivity index (χ0n) is 16.6. The lowest BCUT2D eigenvalue weighted by molar-refractivity contribution is 1.15. The maximum Gasteiger partial charge on any atom is 0.164 e. The van der Waals surface area contributed by atoms with Gasteiger partial charge in [0.15, 0.2) is 5.65 Å². The molecular weight excluding hydrogens is 380 g/mol. The average Bonchev–Trinajstić information content (AvgIpc) is 3.47. The molecule has 0 saturated heterocycles. The van der Waals surface area contributed by atoms with E-state index in [9.17, 15) is 0 Å². The standard InChI is InChI=1S/C27H16N4/c1-2-6-18-15(5-1)11-16-12-17-13-22-26(21(17)14-20(16)18)31-23-8-4-10-28-24(23)19-7-3-9-29-25(19)27(31)30-22/h1-10,12,14H,11,13H2. The Morgan fingerprint density at radius 3 is 2.48 bits per heavy atom. The molecule has 2 aliphatic rings. The summed E-state index contributed by atoms with van der Waals surface area (Å²) in [4.78, 5) is 14.5. The second kappa shape index (κ2) is 5.35. The van der Waals surface area contributed by atoms with E-state index in [1.54, 1.807) is 0 Å². The minimum atomic E-state index is 0.867. The van der Waals surface area contributed by atoms with Crippen LogP contribution in [-0.4, -0.2) is 19.4 Å². The molecule has 0 aliphatic heterocycles. The molecule has 4 nitrogen and oxygen atoms in total. The monoisotopic (exact) mass is 396 g/mol. The first-order chi connectivity index (χ1) is 15.4. The Morgan fingerprint density at radius 2 is 1.52 bits per heavy atom. The van der Waals surface area contributed by atoms with Crippen LogP contribution < -0.4 is 0 Å². The summed E-state index contributed by atoms with van der Waals surface area (Å²) in [6, 6.07) is 21.8. The Labute approximate surface area is 177 Å². The lowest BCUT2D eigenvalue weighted by Crippen LogP contribution is -1.97. The number of rotatable bonds is 0. The van der Waals surface area contributed by atoms with Crippen molar-refractivity contribution in [2.24, 2.45) is 0 Å². The van der Waals surface area contributed by atoms with Crippen molar-refractivity contribution < 1.29 is 0 Å². The van der Waals surface area contributed by atoms with Crippen LogP contribution >= 0.6 is 0 Å². The zero-order chi connectivity index (χ0) is 20.1. The van der Waals surface area contributed by atoms with Crippen molar-refractivity contribution >= 4 is 27.6 Å². The molecule has 4 aromatic heterocycles. The molecule has 0 N–H and O–H groups in total. The van der Waals surface area contributed by atoms with Gasteiger partial charge in [0.1, 0.15) is 5.52 Å². The van der Waals surface area contributed by atoms with Crippen LogP contribution in [0.4, 0.5) is 0 Å². The summed E-state index contributed by atoms with van der Waals surface area (Å²) < 4.78 is 2.28. The quantitative estimate of drug-likeness (QED) is 0.315. The van der Waals surface area contributed by atoms with Gasteiger partial charge in [-0.1, -0.05) is 30.3 Å². The van der Waals surface area contributed by atoms with Gasteiger partial charge in [-0.05, 0) is 64.6 Å². The highest BCUT2D eigenvalue weighted by molar-refractivity contribution is 6.09. The summed E-state index contributed by atoms with van der Waals surface area (Å²) in [5.41, 5.74) is 14.5. The SMILES string of the molecule is c1ccc2c(c1)Cc1cc3c(cc1-2)-c1c(nc2c4ncccc4c4ncccc4n12)C3. The van der Waals surface area contributed by atoms with Gasteiger partial charge in [-0.25, -0.2) is 4.98 Å². The minimum Gasteiger partial charge on any atom is -0.289 e. The molecule has 0 fully saturated rings. The van der Waals surface area contributed by atoms with Gasteiger partial charge in [0, 0.05) is 29.8 Å². The second-order valence-corrected chi connectivity index (χ2v) is 8.51. The van der Waals surface area contributed by atoms with Gasteiger partial charge < -0.3 is 0 Å². The Bertz CT molecular complexity index is 1740. The van der Waals surface area contributed by atoms with Crippen LogP contribution in [0.5, 0.6) is 0 Å². The summed E-state index contributed by atoms with van der Waals surface area (Å²) in [6.45, 7) is 0. The molecule has 31 heavy (non-hydrogen) atoms.